The predicted octanol–water partition coefficient (Wildman–Crippen LogP) is 5.47. The molecule has 16 atom stereocenters. The van der Waals surface area contributed by atoms with E-state index >= 15 is 0 Å². The summed E-state index contributed by atoms with van der Waals surface area (Å²) in [5.41, 5.74) is 9.16. The first-order chi connectivity index (χ1) is 68.1. The second kappa shape index (κ2) is 39.8. The van der Waals surface area contributed by atoms with Crippen LogP contribution in [0.15, 0.2) is 203 Å². The normalized spacial score (nSPS) is 26.2. The van der Waals surface area contributed by atoms with Crippen molar-refractivity contribution in [2.75, 3.05) is 58.8 Å². The number of piperidine rings is 2. The number of aliphatic carboxylic acids is 2. The number of aromatic amines is 2. The van der Waals surface area contributed by atoms with Gasteiger partial charge in [-0.05, 0) is 155 Å². The Bertz CT molecular complexity index is 6770. The van der Waals surface area contributed by atoms with Crippen molar-refractivity contribution < 1.29 is 103 Å². The SMILES string of the molecule is CC(=O)Oc1ccccc1C(=O)O.CN1C(=O)CN=C(c2ccccc2)c2cc(Cl)ccc21.CN1C[C@H](C(=O)N[C@]2(C)O[C@@]3(O)[C@@H]4CCCN4C(=O)[C@H](Cc4ccccc4)N3C2=O)C[C@@H]2c3cccc4[nH]cc(c34)C[C@H]21.CN1C[C@H](C(=O)N[C@]2(C)O[C@@]3(O)[C@@H]4CCCN4C(=O)[C@H](Cc4ccccc4)N3C2=O)C[C@@H]2c3cccc4[nH]cc(c34)C[C@H]21.Cn1c(=O)c2c(ncn2C)n(C)c1=O.O=C(O)[C@@H](O)[C@H](O)C(=O)O. The van der Waals surface area contributed by atoms with Gasteiger partial charge in [0, 0.05) is 148 Å². The number of amides is 7. The number of aromatic carboxylic acids is 1. The molecule has 4 aromatic heterocycles. The summed E-state index contributed by atoms with van der Waals surface area (Å²) < 4.78 is 21.2. The number of rotatable bonds is 14. The maximum Gasteiger partial charge on any atom is 0.339 e. The number of anilines is 1. The molecule has 0 unspecified atom stereocenters. The molecule has 39 nitrogen and oxygen atoms in total. The lowest BCUT2D eigenvalue weighted by atomic mass is 9.72. The van der Waals surface area contributed by atoms with Crippen LogP contribution in [-0.2, 0) is 104 Å². The maximum atomic E-state index is 14.2. The molecule has 7 aromatic carbocycles. The highest BCUT2D eigenvalue weighted by Gasteiger charge is 2.72. The van der Waals surface area contributed by atoms with Gasteiger partial charge in [-0.15, -0.1) is 0 Å². The number of aromatic nitrogens is 6. The molecule has 9 aliphatic heterocycles. The first-order valence-corrected chi connectivity index (χ1v) is 47.5. The van der Waals surface area contributed by atoms with Crippen LogP contribution in [0, 0.1) is 11.8 Å². The summed E-state index contributed by atoms with van der Waals surface area (Å²) in [5.74, 6) is -11.8. The van der Waals surface area contributed by atoms with Gasteiger partial charge in [0.15, 0.2) is 23.4 Å². The zero-order valence-corrected chi connectivity index (χ0v) is 80.6. The summed E-state index contributed by atoms with van der Waals surface area (Å²) in [6.45, 7) is 6.48. The number of aliphatic hydroxyl groups is 4. The van der Waals surface area contributed by atoms with Crippen molar-refractivity contribution in [3.05, 3.63) is 265 Å². The van der Waals surface area contributed by atoms with E-state index in [1.165, 1.54) is 93.7 Å². The van der Waals surface area contributed by atoms with E-state index < -0.39 is 95.3 Å². The van der Waals surface area contributed by atoms with Crippen molar-refractivity contribution in [3.63, 3.8) is 0 Å². The van der Waals surface area contributed by atoms with Crippen molar-refractivity contribution in [3.8, 4) is 5.75 Å². The molecule has 8 fully saturated rings. The van der Waals surface area contributed by atoms with E-state index in [4.69, 9.17) is 46.6 Å². The number of ether oxygens (including phenoxy) is 3. The maximum absolute atomic E-state index is 14.2. The number of H-pyrrole nitrogens is 2. The number of imidazole rings is 1. The quantitative estimate of drug-likeness (QED) is 0.0474. The fraction of sp³-hybridized carbons (Fsp3) is 0.388. The molecule has 7 amide bonds. The number of benzene rings is 7. The summed E-state index contributed by atoms with van der Waals surface area (Å²) in [5, 5.41) is 74.3. The minimum absolute atomic E-state index is 0.0160. The first-order valence-electron chi connectivity index (χ1n) is 47.1. The fourth-order valence-corrected chi connectivity index (χ4v) is 22.4. The Hall–Kier alpha value is -14.4. The molecule has 2 aliphatic carbocycles. The molecular formula is C103H111ClN16O23. The van der Waals surface area contributed by atoms with E-state index in [1.807, 2.05) is 103 Å². The van der Waals surface area contributed by atoms with Crippen molar-refractivity contribution in [1.29, 1.82) is 0 Å². The van der Waals surface area contributed by atoms with E-state index in [0.717, 1.165) is 62.1 Å². The molecule has 22 rings (SSSR count). The number of hydrogen-bond acceptors (Lipinski definition) is 24. The lowest BCUT2D eigenvalue weighted by Gasteiger charge is -2.48. The number of para-hydroxylation sites is 1. The zero-order valence-electron chi connectivity index (χ0n) is 79.8. The number of carbonyl (C=O) groups excluding carboxylic acids is 8. The molecular weight excluding hydrogens is 1860 g/mol. The third-order valence-electron chi connectivity index (χ3n) is 29.1. The van der Waals surface area contributed by atoms with Gasteiger partial charge in [0.05, 0.1) is 29.6 Å². The van der Waals surface area contributed by atoms with Gasteiger partial charge in [0.25, 0.3) is 29.2 Å². The van der Waals surface area contributed by atoms with Gasteiger partial charge in [-0.25, -0.2) is 24.2 Å². The smallest absolute Gasteiger partial charge is 0.339 e. The zero-order chi connectivity index (χ0) is 102. The Balaban J connectivity index is 0.000000129. The summed E-state index contributed by atoms with van der Waals surface area (Å²) in [6.07, 6.45) is 7.24. The number of aryl methyl sites for hydroxylation is 2. The number of carbonyl (C=O) groups is 11. The summed E-state index contributed by atoms with van der Waals surface area (Å²) in [4.78, 5) is 187. The minimum atomic E-state index is -2.27. The molecule has 0 bridgehead atoms. The Morgan fingerprint density at radius 3 is 1.50 bits per heavy atom. The monoisotopic (exact) mass is 1970 g/mol. The molecule has 143 heavy (non-hydrogen) atoms. The Kier molecular flexibility index (Phi) is 27.9. The van der Waals surface area contributed by atoms with E-state index in [9.17, 15) is 72.5 Å². The van der Waals surface area contributed by atoms with Gasteiger partial charge in [-0.3, -0.25) is 76.6 Å². The average Bonchev–Trinajstić information content (AvgIpc) is 1.54. The van der Waals surface area contributed by atoms with Crippen LogP contribution in [0.2, 0.25) is 5.02 Å². The number of likely N-dealkylation sites (N-methyl/N-ethyl adjacent to an activating group) is 3. The number of nitrogens with one attached hydrogen (secondary N) is 4. The second-order valence-corrected chi connectivity index (χ2v) is 38.7. The van der Waals surface area contributed by atoms with Crippen LogP contribution in [0.1, 0.15) is 126 Å². The summed E-state index contributed by atoms with van der Waals surface area (Å²) >= 11 is 6.11. The van der Waals surface area contributed by atoms with E-state index in [-0.39, 0.29) is 107 Å². The van der Waals surface area contributed by atoms with Crippen molar-refractivity contribution >= 4 is 121 Å². The van der Waals surface area contributed by atoms with Crippen LogP contribution in [-0.4, -0.2) is 290 Å². The Morgan fingerprint density at radius 1 is 0.580 bits per heavy atom. The molecule has 0 radical (unpaired) electrons. The number of aliphatic hydroxyl groups excluding tert-OH is 2. The predicted molar refractivity (Wildman–Crippen MR) is 520 cm³/mol. The Labute approximate surface area is 823 Å². The lowest BCUT2D eigenvalue weighted by molar-refractivity contribution is -0.315. The molecule has 748 valence electrons. The van der Waals surface area contributed by atoms with Gasteiger partial charge >= 0.3 is 29.6 Å². The number of hydrogen-bond donors (Lipinski definition) is 11. The molecule has 11 N–H and O–H groups in total. The number of piperazine rings is 2. The van der Waals surface area contributed by atoms with Crippen LogP contribution < -0.4 is 31.5 Å². The molecule has 8 saturated heterocycles. The number of nitrogens with zero attached hydrogens (tertiary/aromatic N) is 12. The largest absolute Gasteiger partial charge is 0.479 e. The highest BCUT2D eigenvalue weighted by molar-refractivity contribution is 6.32. The van der Waals surface area contributed by atoms with Gasteiger partial charge in [-0.1, -0.05) is 139 Å². The third-order valence-corrected chi connectivity index (χ3v) is 29.3. The first kappa shape index (κ1) is 100. The average molecular weight is 1980 g/mol. The Morgan fingerprint density at radius 2 is 1.04 bits per heavy atom. The topological polar surface area (TPSA) is 510 Å². The van der Waals surface area contributed by atoms with Crippen LogP contribution in [0.3, 0.4) is 0 Å². The fourth-order valence-electron chi connectivity index (χ4n) is 22.2. The minimum Gasteiger partial charge on any atom is -0.479 e. The molecule has 0 saturated carbocycles. The van der Waals surface area contributed by atoms with Crippen molar-refractivity contribution in [1.82, 2.24) is 68.7 Å². The van der Waals surface area contributed by atoms with Gasteiger partial charge < -0.3 is 90.2 Å². The van der Waals surface area contributed by atoms with Crippen LogP contribution in [0.25, 0.3) is 33.0 Å². The highest BCUT2D eigenvalue weighted by atomic mass is 35.5. The van der Waals surface area contributed by atoms with Gasteiger partial charge in [0.2, 0.25) is 41.0 Å². The van der Waals surface area contributed by atoms with Crippen LogP contribution >= 0.6 is 11.6 Å². The number of halogens is 1. The van der Waals surface area contributed by atoms with Crippen LogP contribution in [0.4, 0.5) is 5.69 Å². The van der Waals surface area contributed by atoms with E-state index in [2.05, 4.69) is 108 Å². The van der Waals surface area contributed by atoms with Gasteiger partial charge in [0.1, 0.15) is 42.0 Å². The number of carboxylic acid groups (broad SMARTS) is 3. The number of esters is 1. The molecule has 40 heteroatoms. The molecule has 11 aromatic rings. The van der Waals surface area contributed by atoms with E-state index in [0.29, 0.717) is 80.9 Å². The number of likely N-dealkylation sites (tertiary alicyclic amines) is 2. The van der Waals surface area contributed by atoms with E-state index in [1.54, 1.807) is 58.6 Å². The molecule has 0 spiro atoms. The highest BCUT2D eigenvalue weighted by Crippen LogP contribution is 2.51. The number of benzodiazepines with no additional fused rings is 1. The number of fused-ring (bicyclic) bond motifs is 12. The van der Waals surface area contributed by atoms with Crippen LogP contribution in [0.5, 0.6) is 5.75 Å². The third kappa shape index (κ3) is 18.7. The standard InChI is InChI=1S/2C33H37N5O5.C16H13ClN2O.C9H8O4.C8H10N4O2.C4H6O6/c2*1-32(35-29(39)21-15-23-22-10-6-11-24-28(22)20(17-34-24)16-25(23)36(2)18-21)31(41)38-26(14-19-8-4-3-5-9-19)30(40)37-13-7-12-27(37)33(38,42)43-32;1-19-14-8-7-12(17)9-13(14)16(18-10-15(19)20)11-5-3-2-4-6-11;1-6(10)13-8-5-3-2-4-7(8)9(11)12;1-10-4-9-6-5(10)7(13)12(3)8(14)11(6)2;5-1(3(7)8)2(6)4(9)10/h2*3-6,8-11,17,21,23,25-27,34,42H,7,12-16,18H2,1-2H3,(H,35,39);2-9H,10H2,1H3;2-5H,1H3,(H,11,12);4H,1-3H3;1-2,5-6H,(H,7,8)(H,9,10)/t2*21-,23-,25-,26+,27+,32-,33+;;;;1-,2-/m11...0/s1. The lowest BCUT2D eigenvalue weighted by Crippen LogP contribution is -2.71. The summed E-state index contributed by atoms with van der Waals surface area (Å²) in [6, 6.07) is 50.2. The number of aliphatic imine (C=N–C) groups is 1. The molecule has 11 aliphatic rings. The van der Waals surface area contributed by atoms with Crippen molar-refractivity contribution in [2.24, 2.45) is 38.0 Å². The summed E-state index contributed by atoms with van der Waals surface area (Å²) in [7, 11) is 10.7. The second-order valence-electron chi connectivity index (χ2n) is 38.2. The molecule has 13 heterocycles. The van der Waals surface area contributed by atoms with Gasteiger partial charge in [-0.2, -0.15) is 0 Å². The number of carboxylic acids is 3. The van der Waals surface area contributed by atoms with Crippen molar-refractivity contribution in [2.45, 2.75) is 169 Å².